The Labute approximate surface area is 200 Å². The molecule has 0 heterocycles. The molecule has 0 aliphatic rings. The fourth-order valence-electron chi connectivity index (χ4n) is 5.01. The van der Waals surface area contributed by atoms with Crippen LogP contribution in [0, 0.1) is 0 Å². The van der Waals surface area contributed by atoms with Gasteiger partial charge in [0.15, 0.2) is 0 Å². The summed E-state index contributed by atoms with van der Waals surface area (Å²) in [6.45, 7) is 4.55. The van der Waals surface area contributed by atoms with Crippen molar-refractivity contribution in [1.29, 1.82) is 0 Å². The largest absolute Gasteiger partial charge is 0.355 e. The Hall–Kier alpha value is -2.80. The van der Waals surface area contributed by atoms with Gasteiger partial charge in [-0.15, -0.1) is 0 Å². The predicted octanol–water partition coefficient (Wildman–Crippen LogP) is 9.98. The second-order valence-corrected chi connectivity index (χ2v) is 9.38. The highest BCUT2D eigenvalue weighted by molar-refractivity contribution is 6.02. The standard InChI is InChI=1S/C32H39N/c1-3-5-7-9-15-25-21-23-31(29-19-13-11-17-27(25)29)33-32-24-22-26(16-10-8-6-4-2)28-18-12-14-20-30(28)32/h11-14,17-24,33H,3-10,15-16H2,1-2H3. The molecular weight excluding hydrogens is 398 g/mol. The highest BCUT2D eigenvalue weighted by Gasteiger charge is 2.10. The van der Waals surface area contributed by atoms with Crippen LogP contribution in [0.1, 0.15) is 76.3 Å². The maximum absolute atomic E-state index is 3.80. The van der Waals surface area contributed by atoms with E-state index in [1.165, 1.54) is 95.4 Å². The molecule has 4 rings (SSSR count). The highest BCUT2D eigenvalue weighted by Crippen LogP contribution is 2.34. The molecule has 33 heavy (non-hydrogen) atoms. The number of aryl methyl sites for hydroxylation is 2. The third-order valence-electron chi connectivity index (χ3n) is 6.90. The fraction of sp³-hybridized carbons (Fsp3) is 0.375. The van der Waals surface area contributed by atoms with Crippen LogP contribution < -0.4 is 5.32 Å². The Morgan fingerprint density at radius 1 is 0.455 bits per heavy atom. The molecule has 1 nitrogen and oxygen atoms in total. The van der Waals surface area contributed by atoms with Gasteiger partial charge in [0.2, 0.25) is 0 Å². The molecule has 4 aromatic rings. The molecule has 0 bridgehead atoms. The summed E-state index contributed by atoms with van der Waals surface area (Å²) in [5.74, 6) is 0. The van der Waals surface area contributed by atoms with Gasteiger partial charge in [0.1, 0.15) is 0 Å². The van der Waals surface area contributed by atoms with Crippen molar-refractivity contribution in [2.24, 2.45) is 0 Å². The molecule has 0 atom stereocenters. The van der Waals surface area contributed by atoms with Gasteiger partial charge in [-0.1, -0.05) is 113 Å². The number of unbranched alkanes of at least 4 members (excludes halogenated alkanes) is 6. The quantitative estimate of drug-likeness (QED) is 0.217. The summed E-state index contributed by atoms with van der Waals surface area (Å²) in [5.41, 5.74) is 5.34. The molecule has 4 aromatic carbocycles. The Morgan fingerprint density at radius 3 is 1.30 bits per heavy atom. The van der Waals surface area contributed by atoms with E-state index in [2.05, 4.69) is 92.0 Å². The van der Waals surface area contributed by atoms with Gasteiger partial charge in [-0.25, -0.2) is 0 Å². The summed E-state index contributed by atoms with van der Waals surface area (Å²) >= 11 is 0. The van der Waals surface area contributed by atoms with Crippen LogP contribution in [0.5, 0.6) is 0 Å². The van der Waals surface area contributed by atoms with Crippen LogP contribution in [-0.2, 0) is 12.8 Å². The minimum absolute atomic E-state index is 1.16. The van der Waals surface area contributed by atoms with E-state index in [0.717, 1.165) is 12.8 Å². The Bertz CT molecular complexity index is 1080. The molecule has 0 saturated heterocycles. The van der Waals surface area contributed by atoms with Crippen LogP contribution in [0.2, 0.25) is 0 Å². The first-order valence-electron chi connectivity index (χ1n) is 13.1. The van der Waals surface area contributed by atoms with E-state index in [1.54, 1.807) is 0 Å². The van der Waals surface area contributed by atoms with Crippen molar-refractivity contribution in [2.75, 3.05) is 5.32 Å². The number of benzene rings is 4. The number of hydrogen-bond donors (Lipinski definition) is 1. The van der Waals surface area contributed by atoms with E-state index in [9.17, 15) is 0 Å². The normalized spacial score (nSPS) is 11.3. The topological polar surface area (TPSA) is 12.0 Å². The first-order chi connectivity index (χ1) is 16.3. The number of nitrogens with one attached hydrogen (secondary N) is 1. The van der Waals surface area contributed by atoms with E-state index in [1.807, 2.05) is 0 Å². The Balaban J connectivity index is 1.61. The lowest BCUT2D eigenvalue weighted by molar-refractivity contribution is 0.668. The van der Waals surface area contributed by atoms with Gasteiger partial charge >= 0.3 is 0 Å². The monoisotopic (exact) mass is 437 g/mol. The summed E-state index contributed by atoms with van der Waals surface area (Å²) in [6, 6.07) is 27.0. The van der Waals surface area contributed by atoms with Crippen LogP contribution in [0.15, 0.2) is 72.8 Å². The van der Waals surface area contributed by atoms with E-state index < -0.39 is 0 Å². The zero-order valence-electron chi connectivity index (χ0n) is 20.5. The average molecular weight is 438 g/mol. The van der Waals surface area contributed by atoms with Gasteiger partial charge in [-0.05, 0) is 59.7 Å². The average Bonchev–Trinajstić information content (AvgIpc) is 2.86. The van der Waals surface area contributed by atoms with Crippen LogP contribution in [-0.4, -0.2) is 0 Å². The predicted molar refractivity (Wildman–Crippen MR) is 147 cm³/mol. The SMILES string of the molecule is CCCCCCc1ccc(Nc2ccc(CCCCCC)c3ccccc23)c2ccccc12. The zero-order chi connectivity index (χ0) is 22.9. The maximum atomic E-state index is 3.80. The van der Waals surface area contributed by atoms with Crippen molar-refractivity contribution in [2.45, 2.75) is 78.1 Å². The van der Waals surface area contributed by atoms with Crippen molar-refractivity contribution in [3.8, 4) is 0 Å². The summed E-state index contributed by atoms with van der Waals surface area (Å²) in [4.78, 5) is 0. The van der Waals surface area contributed by atoms with E-state index in [-0.39, 0.29) is 0 Å². The second kappa shape index (κ2) is 11.9. The van der Waals surface area contributed by atoms with Crippen molar-refractivity contribution >= 4 is 32.9 Å². The minimum atomic E-state index is 1.16. The molecular formula is C32H39N. The molecule has 0 amide bonds. The second-order valence-electron chi connectivity index (χ2n) is 9.38. The molecule has 1 heteroatoms. The van der Waals surface area contributed by atoms with Crippen molar-refractivity contribution < 1.29 is 0 Å². The molecule has 0 fully saturated rings. The van der Waals surface area contributed by atoms with E-state index in [0.29, 0.717) is 0 Å². The lowest BCUT2D eigenvalue weighted by Crippen LogP contribution is -1.97. The van der Waals surface area contributed by atoms with Crippen molar-refractivity contribution in [3.63, 3.8) is 0 Å². The third kappa shape index (κ3) is 5.77. The third-order valence-corrected chi connectivity index (χ3v) is 6.90. The molecule has 0 aromatic heterocycles. The molecule has 0 radical (unpaired) electrons. The number of fused-ring (bicyclic) bond motifs is 2. The fourth-order valence-corrected chi connectivity index (χ4v) is 5.01. The molecule has 0 aliphatic heterocycles. The van der Waals surface area contributed by atoms with Gasteiger partial charge < -0.3 is 5.32 Å². The smallest absolute Gasteiger partial charge is 0.0464 e. The van der Waals surface area contributed by atoms with Crippen molar-refractivity contribution in [3.05, 3.63) is 83.9 Å². The molecule has 0 spiro atoms. The van der Waals surface area contributed by atoms with Gasteiger partial charge in [0, 0.05) is 22.1 Å². The zero-order valence-corrected chi connectivity index (χ0v) is 20.5. The van der Waals surface area contributed by atoms with Crippen LogP contribution in [0.4, 0.5) is 11.4 Å². The maximum Gasteiger partial charge on any atom is 0.0464 e. The molecule has 0 aliphatic carbocycles. The summed E-state index contributed by atoms with van der Waals surface area (Å²) < 4.78 is 0. The first-order valence-corrected chi connectivity index (χ1v) is 13.1. The molecule has 172 valence electrons. The van der Waals surface area contributed by atoms with Crippen LogP contribution in [0.3, 0.4) is 0 Å². The molecule has 0 saturated carbocycles. The molecule has 0 unspecified atom stereocenters. The Morgan fingerprint density at radius 2 is 0.879 bits per heavy atom. The molecule has 1 N–H and O–H groups in total. The number of hydrogen-bond acceptors (Lipinski definition) is 1. The van der Waals surface area contributed by atoms with E-state index in [4.69, 9.17) is 0 Å². The van der Waals surface area contributed by atoms with E-state index >= 15 is 0 Å². The first kappa shape index (κ1) is 23.4. The van der Waals surface area contributed by atoms with Gasteiger partial charge in [0.05, 0.1) is 0 Å². The minimum Gasteiger partial charge on any atom is -0.355 e. The Kier molecular flexibility index (Phi) is 8.41. The lowest BCUT2D eigenvalue weighted by Gasteiger charge is -2.16. The van der Waals surface area contributed by atoms with Crippen molar-refractivity contribution in [1.82, 2.24) is 0 Å². The summed E-state index contributed by atoms with van der Waals surface area (Å²) in [5, 5.41) is 9.20. The van der Waals surface area contributed by atoms with Gasteiger partial charge in [0.25, 0.3) is 0 Å². The van der Waals surface area contributed by atoms with Gasteiger partial charge in [-0.3, -0.25) is 0 Å². The summed E-state index contributed by atoms with van der Waals surface area (Å²) in [7, 11) is 0. The van der Waals surface area contributed by atoms with Gasteiger partial charge in [-0.2, -0.15) is 0 Å². The summed E-state index contributed by atoms with van der Waals surface area (Å²) in [6.07, 6.45) is 12.8. The number of anilines is 2. The van der Waals surface area contributed by atoms with Crippen LogP contribution >= 0.6 is 0 Å². The lowest BCUT2D eigenvalue weighted by atomic mass is 9.96. The number of rotatable bonds is 12. The van der Waals surface area contributed by atoms with Crippen LogP contribution in [0.25, 0.3) is 21.5 Å². The highest BCUT2D eigenvalue weighted by atomic mass is 14.9.